The number of halogens is 2. The van der Waals surface area contributed by atoms with Crippen LogP contribution in [0.15, 0.2) is 48.5 Å². The van der Waals surface area contributed by atoms with E-state index in [1.807, 2.05) is 24.3 Å². The van der Waals surface area contributed by atoms with Crippen LogP contribution in [0.25, 0.3) is 0 Å². The molecule has 3 rings (SSSR count). The zero-order chi connectivity index (χ0) is 17.8. The maximum Gasteiger partial charge on any atom is 0.229 e. The second-order valence-corrected chi connectivity index (χ2v) is 5.32. The van der Waals surface area contributed by atoms with E-state index in [1.165, 1.54) is 12.1 Å². The molecule has 0 aliphatic carbocycles. The molecular formula is C18H16F2N4O. The van der Waals surface area contributed by atoms with E-state index in [4.69, 9.17) is 4.74 Å². The first-order valence-electron chi connectivity index (χ1n) is 7.52. The van der Waals surface area contributed by atoms with Gasteiger partial charge < -0.3 is 15.4 Å². The van der Waals surface area contributed by atoms with E-state index in [9.17, 15) is 8.78 Å². The summed E-state index contributed by atoms with van der Waals surface area (Å²) in [6.07, 6.45) is 0. The average Bonchev–Trinajstić information content (AvgIpc) is 2.58. The number of anilines is 4. The average molecular weight is 342 g/mol. The first-order valence-corrected chi connectivity index (χ1v) is 7.52. The third kappa shape index (κ3) is 4.20. The van der Waals surface area contributed by atoms with Crippen LogP contribution >= 0.6 is 0 Å². The molecule has 0 fully saturated rings. The first kappa shape index (κ1) is 16.6. The molecular weight excluding hydrogens is 326 g/mol. The Balaban J connectivity index is 1.82. The Morgan fingerprint density at radius 3 is 2.36 bits per heavy atom. The summed E-state index contributed by atoms with van der Waals surface area (Å²) in [6, 6.07) is 12.3. The third-order valence-electron chi connectivity index (χ3n) is 3.39. The van der Waals surface area contributed by atoms with Crippen LogP contribution in [0.3, 0.4) is 0 Å². The van der Waals surface area contributed by atoms with Gasteiger partial charge in [-0.25, -0.2) is 13.8 Å². The van der Waals surface area contributed by atoms with Gasteiger partial charge in [-0.15, -0.1) is 0 Å². The minimum Gasteiger partial charge on any atom is -0.497 e. The summed E-state index contributed by atoms with van der Waals surface area (Å²) in [5.41, 5.74) is 1.61. The molecule has 2 aromatic carbocycles. The molecule has 2 N–H and O–H groups in total. The molecule has 0 saturated heterocycles. The normalized spacial score (nSPS) is 10.4. The highest BCUT2D eigenvalue weighted by Gasteiger charge is 2.07. The van der Waals surface area contributed by atoms with Gasteiger partial charge in [-0.05, 0) is 43.3 Å². The zero-order valence-corrected chi connectivity index (χ0v) is 13.7. The van der Waals surface area contributed by atoms with Crippen LogP contribution in [0.4, 0.5) is 31.9 Å². The molecule has 1 heterocycles. The van der Waals surface area contributed by atoms with E-state index in [2.05, 4.69) is 20.6 Å². The summed E-state index contributed by atoms with van der Waals surface area (Å²) in [5.74, 6) is 0.166. The smallest absolute Gasteiger partial charge is 0.229 e. The van der Waals surface area contributed by atoms with Gasteiger partial charge in [-0.2, -0.15) is 4.98 Å². The summed E-state index contributed by atoms with van der Waals surface area (Å²) in [5, 5.41) is 5.91. The van der Waals surface area contributed by atoms with E-state index < -0.39 is 11.6 Å². The van der Waals surface area contributed by atoms with Gasteiger partial charge in [0.15, 0.2) is 0 Å². The molecule has 0 aliphatic heterocycles. The van der Waals surface area contributed by atoms with Gasteiger partial charge in [0.2, 0.25) is 5.95 Å². The van der Waals surface area contributed by atoms with Crippen molar-refractivity contribution in [1.29, 1.82) is 0 Å². The van der Waals surface area contributed by atoms with Crippen molar-refractivity contribution < 1.29 is 13.5 Å². The van der Waals surface area contributed by atoms with Crippen molar-refractivity contribution >= 4 is 23.1 Å². The van der Waals surface area contributed by atoms with Gasteiger partial charge in [-0.3, -0.25) is 0 Å². The number of benzene rings is 2. The number of nitrogens with zero attached hydrogens (tertiary/aromatic N) is 2. The summed E-state index contributed by atoms with van der Waals surface area (Å²) >= 11 is 0. The number of rotatable bonds is 5. The van der Waals surface area contributed by atoms with Crippen LogP contribution in [0, 0.1) is 18.6 Å². The molecule has 1 aromatic heterocycles. The number of ether oxygens (including phenoxy) is 1. The van der Waals surface area contributed by atoms with Crippen LogP contribution in [0.5, 0.6) is 5.75 Å². The molecule has 0 atom stereocenters. The fraction of sp³-hybridized carbons (Fsp3) is 0.111. The molecule has 3 aromatic rings. The highest BCUT2D eigenvalue weighted by atomic mass is 19.1. The molecule has 0 aliphatic rings. The molecule has 0 radical (unpaired) electrons. The molecule has 7 heteroatoms. The van der Waals surface area contributed by atoms with Gasteiger partial charge in [-0.1, -0.05) is 0 Å². The van der Waals surface area contributed by atoms with Crippen molar-refractivity contribution in [1.82, 2.24) is 9.97 Å². The summed E-state index contributed by atoms with van der Waals surface area (Å²) in [6.45, 7) is 1.80. The quantitative estimate of drug-likeness (QED) is 0.712. The number of aromatic nitrogens is 2. The molecule has 25 heavy (non-hydrogen) atoms. The van der Waals surface area contributed by atoms with Crippen LogP contribution in [0.2, 0.25) is 0 Å². The van der Waals surface area contributed by atoms with Crippen LogP contribution < -0.4 is 15.4 Å². The highest BCUT2D eigenvalue weighted by Crippen LogP contribution is 2.22. The van der Waals surface area contributed by atoms with Crippen molar-refractivity contribution in [3.63, 3.8) is 0 Å². The van der Waals surface area contributed by atoms with Crippen LogP contribution in [-0.4, -0.2) is 17.1 Å². The van der Waals surface area contributed by atoms with Crippen LogP contribution in [-0.2, 0) is 0 Å². The lowest BCUT2D eigenvalue weighted by Crippen LogP contribution is -2.03. The van der Waals surface area contributed by atoms with E-state index in [-0.39, 0.29) is 5.69 Å². The third-order valence-corrected chi connectivity index (χ3v) is 3.39. The standard InChI is InChI=1S/C18H16F2N4O/c1-11-9-17(23-16-8-3-12(19)10-15(16)20)24-18(21-11)22-13-4-6-14(25-2)7-5-13/h3-10H,1-2H3,(H2,21,22,23,24). The lowest BCUT2D eigenvalue weighted by atomic mass is 10.3. The molecule has 0 unspecified atom stereocenters. The largest absolute Gasteiger partial charge is 0.497 e. The summed E-state index contributed by atoms with van der Waals surface area (Å²) in [4.78, 5) is 8.61. The Labute approximate surface area is 143 Å². The molecule has 0 bridgehead atoms. The van der Waals surface area contributed by atoms with Crippen molar-refractivity contribution in [2.24, 2.45) is 0 Å². The minimum absolute atomic E-state index is 0.134. The molecule has 0 amide bonds. The second kappa shape index (κ2) is 7.12. The van der Waals surface area contributed by atoms with E-state index in [1.54, 1.807) is 20.1 Å². The number of hydrogen-bond donors (Lipinski definition) is 2. The zero-order valence-electron chi connectivity index (χ0n) is 13.7. The van der Waals surface area contributed by atoms with Gasteiger partial charge >= 0.3 is 0 Å². The molecule has 0 saturated carbocycles. The van der Waals surface area contributed by atoms with Crippen molar-refractivity contribution in [3.8, 4) is 5.75 Å². The fourth-order valence-corrected chi connectivity index (χ4v) is 2.22. The Kier molecular flexibility index (Phi) is 4.74. The maximum absolute atomic E-state index is 13.8. The summed E-state index contributed by atoms with van der Waals surface area (Å²) in [7, 11) is 1.60. The Hall–Kier alpha value is -3.22. The van der Waals surface area contributed by atoms with Gasteiger partial charge in [0.1, 0.15) is 23.2 Å². The van der Waals surface area contributed by atoms with Gasteiger partial charge in [0.25, 0.3) is 0 Å². The van der Waals surface area contributed by atoms with E-state index >= 15 is 0 Å². The van der Waals surface area contributed by atoms with E-state index in [0.717, 1.165) is 17.5 Å². The number of aryl methyl sites for hydroxylation is 1. The predicted molar refractivity (Wildman–Crippen MR) is 92.7 cm³/mol. The SMILES string of the molecule is COc1ccc(Nc2nc(C)cc(Nc3ccc(F)cc3F)n2)cc1. The number of methoxy groups -OCH3 is 1. The van der Waals surface area contributed by atoms with Gasteiger partial charge in [0.05, 0.1) is 12.8 Å². The molecule has 128 valence electrons. The second-order valence-electron chi connectivity index (χ2n) is 5.32. The number of nitrogens with one attached hydrogen (secondary N) is 2. The number of hydrogen-bond acceptors (Lipinski definition) is 5. The monoisotopic (exact) mass is 342 g/mol. The Morgan fingerprint density at radius 1 is 0.920 bits per heavy atom. The predicted octanol–water partition coefficient (Wildman–Crippen LogP) is 4.56. The minimum atomic E-state index is -0.694. The fourth-order valence-electron chi connectivity index (χ4n) is 2.22. The van der Waals surface area contributed by atoms with Crippen molar-refractivity contribution in [3.05, 3.63) is 65.9 Å². The van der Waals surface area contributed by atoms with Gasteiger partial charge in [0, 0.05) is 23.5 Å². The van der Waals surface area contributed by atoms with E-state index in [0.29, 0.717) is 17.5 Å². The van der Waals surface area contributed by atoms with Crippen molar-refractivity contribution in [2.45, 2.75) is 6.92 Å². The lowest BCUT2D eigenvalue weighted by Gasteiger charge is -2.11. The lowest BCUT2D eigenvalue weighted by molar-refractivity contribution is 0.415. The Bertz CT molecular complexity index is 885. The Morgan fingerprint density at radius 2 is 1.68 bits per heavy atom. The topological polar surface area (TPSA) is 59.1 Å². The van der Waals surface area contributed by atoms with Crippen molar-refractivity contribution in [2.75, 3.05) is 17.7 Å². The maximum atomic E-state index is 13.8. The molecule has 5 nitrogen and oxygen atoms in total. The first-order chi connectivity index (χ1) is 12.0. The van der Waals surface area contributed by atoms with Crippen LogP contribution in [0.1, 0.15) is 5.69 Å². The molecule has 0 spiro atoms. The summed E-state index contributed by atoms with van der Waals surface area (Å²) < 4.78 is 31.9. The highest BCUT2D eigenvalue weighted by molar-refractivity contribution is 5.61.